The van der Waals surface area contributed by atoms with Crippen LogP contribution in [0, 0.1) is 0 Å². The van der Waals surface area contributed by atoms with Gasteiger partial charge in [-0.1, -0.05) is 17.4 Å². The molecule has 162 valence electrons. The van der Waals surface area contributed by atoms with Crippen molar-refractivity contribution in [1.82, 2.24) is 9.55 Å². The topological polar surface area (TPSA) is 92.0 Å². The molecule has 8 nitrogen and oxygen atoms in total. The number of allylic oxidation sites excluding steroid dienone is 1. The second-order valence-corrected chi connectivity index (χ2v) is 8.20. The normalized spacial score (nSPS) is 17.2. The Bertz CT molecular complexity index is 1420. The fraction of sp³-hybridized carbons (Fsp3) is 0.217. The molecule has 4 heterocycles. The summed E-state index contributed by atoms with van der Waals surface area (Å²) in [6, 6.07) is 8.36. The van der Waals surface area contributed by atoms with Gasteiger partial charge in [0.2, 0.25) is 6.79 Å². The molecular formula is C23H19N3O5S. The van der Waals surface area contributed by atoms with Crippen LogP contribution in [0.4, 0.5) is 0 Å². The summed E-state index contributed by atoms with van der Waals surface area (Å²) >= 11 is 1.28. The van der Waals surface area contributed by atoms with E-state index in [1.54, 1.807) is 49.0 Å². The second kappa shape index (κ2) is 8.08. The average Bonchev–Trinajstić information content (AvgIpc) is 3.37. The number of hydrogen-bond acceptors (Lipinski definition) is 8. The molecule has 0 spiro atoms. The molecule has 2 aliphatic heterocycles. The van der Waals surface area contributed by atoms with Crippen LogP contribution in [0.1, 0.15) is 31.0 Å². The molecule has 5 rings (SSSR count). The minimum absolute atomic E-state index is 0.132. The van der Waals surface area contributed by atoms with E-state index in [9.17, 15) is 9.59 Å². The van der Waals surface area contributed by atoms with Gasteiger partial charge in [0.15, 0.2) is 16.3 Å². The van der Waals surface area contributed by atoms with Crippen molar-refractivity contribution in [1.29, 1.82) is 0 Å². The highest BCUT2D eigenvalue weighted by atomic mass is 32.1. The Morgan fingerprint density at radius 3 is 2.81 bits per heavy atom. The lowest BCUT2D eigenvalue weighted by molar-refractivity contribution is -0.139. The van der Waals surface area contributed by atoms with Crippen LogP contribution in [-0.2, 0) is 9.53 Å². The van der Waals surface area contributed by atoms with E-state index in [0.29, 0.717) is 37.7 Å². The van der Waals surface area contributed by atoms with Gasteiger partial charge in [-0.15, -0.1) is 0 Å². The zero-order chi connectivity index (χ0) is 22.2. The molecule has 32 heavy (non-hydrogen) atoms. The molecule has 0 saturated carbocycles. The van der Waals surface area contributed by atoms with Crippen LogP contribution < -0.4 is 24.4 Å². The summed E-state index contributed by atoms with van der Waals surface area (Å²) in [5, 5.41) is 0. The van der Waals surface area contributed by atoms with E-state index in [4.69, 9.17) is 14.2 Å². The highest BCUT2D eigenvalue weighted by molar-refractivity contribution is 7.07. The molecule has 0 amide bonds. The summed E-state index contributed by atoms with van der Waals surface area (Å²) in [4.78, 5) is 35.5. The van der Waals surface area contributed by atoms with Crippen molar-refractivity contribution in [3.8, 4) is 11.5 Å². The number of fused-ring (bicyclic) bond motifs is 2. The zero-order valence-corrected chi connectivity index (χ0v) is 18.2. The first kappa shape index (κ1) is 20.2. The van der Waals surface area contributed by atoms with Crippen LogP contribution in [0.5, 0.6) is 11.5 Å². The van der Waals surface area contributed by atoms with Crippen LogP contribution >= 0.6 is 11.3 Å². The van der Waals surface area contributed by atoms with Crippen LogP contribution in [0.25, 0.3) is 6.08 Å². The first-order valence-corrected chi connectivity index (χ1v) is 10.9. The summed E-state index contributed by atoms with van der Waals surface area (Å²) in [6.45, 7) is 3.85. The van der Waals surface area contributed by atoms with Gasteiger partial charge in [0.25, 0.3) is 5.56 Å². The third-order valence-corrected chi connectivity index (χ3v) is 6.22. The second-order valence-electron chi connectivity index (χ2n) is 7.20. The van der Waals surface area contributed by atoms with E-state index in [2.05, 4.69) is 9.98 Å². The number of hydrogen-bond donors (Lipinski definition) is 0. The smallest absolute Gasteiger partial charge is 0.338 e. The van der Waals surface area contributed by atoms with E-state index in [0.717, 1.165) is 5.56 Å². The van der Waals surface area contributed by atoms with Gasteiger partial charge >= 0.3 is 5.97 Å². The third kappa shape index (κ3) is 3.40. The summed E-state index contributed by atoms with van der Waals surface area (Å²) in [6.07, 6.45) is 5.13. The van der Waals surface area contributed by atoms with Gasteiger partial charge in [-0.05, 0) is 55.3 Å². The average molecular weight is 449 g/mol. The first-order valence-electron chi connectivity index (χ1n) is 10.1. The van der Waals surface area contributed by atoms with Gasteiger partial charge in [0.05, 0.1) is 28.5 Å². The summed E-state index contributed by atoms with van der Waals surface area (Å²) in [5.74, 6) is 0.691. The molecule has 2 aliphatic rings. The van der Waals surface area contributed by atoms with E-state index >= 15 is 0 Å². The van der Waals surface area contributed by atoms with Crippen molar-refractivity contribution in [3.63, 3.8) is 0 Å². The van der Waals surface area contributed by atoms with Crippen molar-refractivity contribution in [2.75, 3.05) is 13.4 Å². The van der Waals surface area contributed by atoms with Crippen LogP contribution in [0.3, 0.4) is 0 Å². The largest absolute Gasteiger partial charge is 0.463 e. The lowest BCUT2D eigenvalue weighted by atomic mass is 9.95. The summed E-state index contributed by atoms with van der Waals surface area (Å²) < 4.78 is 18.3. The first-order chi connectivity index (χ1) is 15.6. The van der Waals surface area contributed by atoms with Crippen LogP contribution in [-0.4, -0.2) is 28.9 Å². The van der Waals surface area contributed by atoms with Crippen molar-refractivity contribution >= 4 is 23.4 Å². The van der Waals surface area contributed by atoms with Gasteiger partial charge < -0.3 is 14.2 Å². The molecule has 0 bridgehead atoms. The van der Waals surface area contributed by atoms with Crippen molar-refractivity contribution < 1.29 is 19.0 Å². The molecule has 0 fully saturated rings. The Hall–Kier alpha value is -3.72. The molecule has 0 N–H and O–H groups in total. The number of rotatable bonds is 4. The summed E-state index contributed by atoms with van der Waals surface area (Å²) in [7, 11) is 0. The lowest BCUT2D eigenvalue weighted by Gasteiger charge is -2.24. The number of nitrogens with zero attached hydrogens (tertiary/aromatic N) is 3. The van der Waals surface area contributed by atoms with Crippen molar-refractivity contribution in [2.24, 2.45) is 4.99 Å². The SMILES string of the molecule is CCOC(=O)C1=C(C)N=c2s/c(=C/c3ccncc3)c(=O)n2C1c1ccc2c(c1)OCO2. The molecule has 1 atom stereocenters. The zero-order valence-electron chi connectivity index (χ0n) is 17.4. The fourth-order valence-corrected chi connectivity index (χ4v) is 4.85. The number of thiazole rings is 1. The monoisotopic (exact) mass is 449 g/mol. The number of carbonyl (C=O) groups excluding carboxylic acids is 1. The van der Waals surface area contributed by atoms with Crippen LogP contribution in [0.2, 0.25) is 0 Å². The minimum atomic E-state index is -0.695. The lowest BCUT2D eigenvalue weighted by Crippen LogP contribution is -2.39. The quantitative estimate of drug-likeness (QED) is 0.565. The highest BCUT2D eigenvalue weighted by Gasteiger charge is 2.34. The van der Waals surface area contributed by atoms with Gasteiger partial charge in [0.1, 0.15) is 0 Å². The van der Waals surface area contributed by atoms with E-state index < -0.39 is 12.0 Å². The van der Waals surface area contributed by atoms with Crippen LogP contribution in [0.15, 0.2) is 63.8 Å². The molecule has 1 unspecified atom stereocenters. The molecule has 0 aliphatic carbocycles. The van der Waals surface area contributed by atoms with Gasteiger partial charge in [-0.3, -0.25) is 14.3 Å². The minimum Gasteiger partial charge on any atom is -0.463 e. The molecule has 2 aromatic heterocycles. The van der Waals surface area contributed by atoms with Gasteiger partial charge in [0, 0.05) is 12.4 Å². The number of carbonyl (C=O) groups is 1. The Balaban J connectivity index is 1.73. The highest BCUT2D eigenvalue weighted by Crippen LogP contribution is 2.38. The van der Waals surface area contributed by atoms with Crippen molar-refractivity contribution in [2.45, 2.75) is 19.9 Å². The molecule has 3 aromatic rings. The summed E-state index contributed by atoms with van der Waals surface area (Å²) in [5.41, 5.74) is 2.17. The fourth-order valence-electron chi connectivity index (χ4n) is 3.80. The molecule has 0 radical (unpaired) electrons. The number of esters is 1. The number of pyridine rings is 1. The predicted molar refractivity (Wildman–Crippen MR) is 117 cm³/mol. The Kier molecular flexibility index (Phi) is 5.10. The van der Waals surface area contributed by atoms with Gasteiger partial charge in [-0.25, -0.2) is 9.79 Å². The number of aromatic nitrogens is 2. The maximum atomic E-state index is 13.5. The molecular weight excluding hydrogens is 430 g/mol. The van der Waals surface area contributed by atoms with Crippen molar-refractivity contribution in [3.05, 3.63) is 84.8 Å². The maximum Gasteiger partial charge on any atom is 0.338 e. The van der Waals surface area contributed by atoms with E-state index in [-0.39, 0.29) is 19.0 Å². The Labute approximate surface area is 186 Å². The van der Waals surface area contributed by atoms with E-state index in [1.165, 1.54) is 11.3 Å². The van der Waals surface area contributed by atoms with E-state index in [1.807, 2.05) is 18.2 Å². The number of ether oxygens (including phenoxy) is 3. The van der Waals surface area contributed by atoms with Gasteiger partial charge in [-0.2, -0.15) is 0 Å². The standard InChI is InChI=1S/C23H19N3O5S/c1-3-29-22(28)19-13(2)25-23-26(20(19)15-4-5-16-17(11-15)31-12-30-16)21(27)18(32-23)10-14-6-8-24-9-7-14/h4-11,20H,3,12H2,1-2H3/b18-10+. The molecule has 1 aromatic carbocycles. The Morgan fingerprint density at radius 1 is 1.25 bits per heavy atom. The molecule has 9 heteroatoms. The predicted octanol–water partition coefficient (Wildman–Crippen LogP) is 1.92. The number of benzene rings is 1. The maximum absolute atomic E-state index is 13.5. The molecule has 0 saturated heterocycles. The third-order valence-electron chi connectivity index (χ3n) is 5.23. The Morgan fingerprint density at radius 2 is 2.03 bits per heavy atom.